The van der Waals surface area contributed by atoms with E-state index in [-0.39, 0.29) is 12.2 Å². The first-order valence-electron chi connectivity index (χ1n) is 9.45. The van der Waals surface area contributed by atoms with E-state index in [9.17, 15) is 22.4 Å². The lowest BCUT2D eigenvalue weighted by Gasteiger charge is -2.11. The van der Waals surface area contributed by atoms with Gasteiger partial charge in [-0.2, -0.15) is 0 Å². The summed E-state index contributed by atoms with van der Waals surface area (Å²) in [6.07, 6.45) is 6.56. The van der Waals surface area contributed by atoms with Crippen LogP contribution in [0.3, 0.4) is 0 Å². The van der Waals surface area contributed by atoms with Crippen LogP contribution in [0.25, 0.3) is 11.3 Å². The standard InChI is InChI=1S/C22H18FN5O4S/c1-3-21(29)25-13-15-8-9-24-18(11-15)16-10-14(2)26-19(12-16)22(30)27-28-33(31,32)20-7-5-4-6-17(20)23/h1,4-12,28H,13H2,2H3,(H,25,29)(H,27,30). The Bertz CT molecular complexity index is 1370. The summed E-state index contributed by atoms with van der Waals surface area (Å²) in [5.74, 6) is -0.402. The summed E-state index contributed by atoms with van der Waals surface area (Å²) in [4.78, 5) is 33.4. The zero-order chi connectivity index (χ0) is 24.0. The Kier molecular flexibility index (Phi) is 7.12. The maximum atomic E-state index is 13.8. The summed E-state index contributed by atoms with van der Waals surface area (Å²) in [6.45, 7) is 1.84. The van der Waals surface area contributed by atoms with E-state index >= 15 is 0 Å². The number of aryl methyl sites for hydroxylation is 1. The molecule has 168 valence electrons. The number of nitrogens with one attached hydrogen (secondary N) is 3. The second-order valence-corrected chi connectivity index (χ2v) is 8.40. The van der Waals surface area contributed by atoms with Gasteiger partial charge in [-0.3, -0.25) is 20.0 Å². The number of halogens is 1. The van der Waals surface area contributed by atoms with Gasteiger partial charge in [0.15, 0.2) is 0 Å². The molecule has 0 atom stereocenters. The number of hydrazine groups is 1. The van der Waals surface area contributed by atoms with Gasteiger partial charge in [0.05, 0.1) is 5.69 Å². The largest absolute Gasteiger partial charge is 0.341 e. The molecule has 0 unspecified atom stereocenters. The third-order valence-corrected chi connectivity index (χ3v) is 5.60. The molecule has 2 heterocycles. The molecule has 0 aliphatic rings. The molecule has 11 heteroatoms. The van der Waals surface area contributed by atoms with E-state index in [1.807, 2.05) is 16.2 Å². The summed E-state index contributed by atoms with van der Waals surface area (Å²) in [6, 6.07) is 11.3. The molecule has 0 radical (unpaired) electrons. The Balaban J connectivity index is 1.79. The third kappa shape index (κ3) is 5.97. The molecule has 33 heavy (non-hydrogen) atoms. The number of hydrogen-bond donors (Lipinski definition) is 3. The van der Waals surface area contributed by atoms with Gasteiger partial charge in [0.1, 0.15) is 16.4 Å². The normalized spacial score (nSPS) is 10.8. The van der Waals surface area contributed by atoms with Crippen LogP contribution >= 0.6 is 0 Å². The number of nitrogens with zero attached hydrogens (tertiary/aromatic N) is 2. The number of pyridine rings is 2. The van der Waals surface area contributed by atoms with Crippen molar-refractivity contribution in [3.05, 3.63) is 77.5 Å². The van der Waals surface area contributed by atoms with E-state index in [0.717, 1.165) is 17.7 Å². The van der Waals surface area contributed by atoms with Crippen LogP contribution < -0.4 is 15.6 Å². The molecule has 0 bridgehead atoms. The van der Waals surface area contributed by atoms with Crippen molar-refractivity contribution in [3.8, 4) is 23.6 Å². The third-order valence-electron chi connectivity index (χ3n) is 4.32. The van der Waals surface area contributed by atoms with Gasteiger partial charge >= 0.3 is 0 Å². The number of terminal acetylenes is 1. The van der Waals surface area contributed by atoms with Crippen molar-refractivity contribution in [1.82, 2.24) is 25.5 Å². The molecular weight excluding hydrogens is 449 g/mol. The van der Waals surface area contributed by atoms with E-state index in [1.165, 1.54) is 24.4 Å². The fourth-order valence-electron chi connectivity index (χ4n) is 2.80. The van der Waals surface area contributed by atoms with E-state index in [2.05, 4.69) is 15.3 Å². The summed E-state index contributed by atoms with van der Waals surface area (Å²) in [7, 11) is -4.33. The second kappa shape index (κ2) is 9.99. The van der Waals surface area contributed by atoms with Gasteiger partial charge in [0, 0.05) is 24.0 Å². The van der Waals surface area contributed by atoms with Crippen molar-refractivity contribution < 1.29 is 22.4 Å². The van der Waals surface area contributed by atoms with Crippen molar-refractivity contribution in [2.45, 2.75) is 18.4 Å². The Hall–Kier alpha value is -4.14. The molecule has 9 nitrogen and oxygen atoms in total. The minimum Gasteiger partial charge on any atom is -0.341 e. The Morgan fingerprint density at radius 3 is 2.64 bits per heavy atom. The van der Waals surface area contributed by atoms with E-state index in [0.29, 0.717) is 17.0 Å². The van der Waals surface area contributed by atoms with Gasteiger partial charge in [-0.25, -0.2) is 17.8 Å². The van der Waals surface area contributed by atoms with Gasteiger partial charge in [0.25, 0.3) is 21.8 Å². The minimum atomic E-state index is -4.33. The number of carbonyl (C=O) groups excluding carboxylic acids is 2. The highest BCUT2D eigenvalue weighted by Gasteiger charge is 2.20. The van der Waals surface area contributed by atoms with Crippen LogP contribution in [0, 0.1) is 25.1 Å². The number of carbonyl (C=O) groups is 2. The molecule has 0 saturated heterocycles. The average molecular weight is 467 g/mol. The highest BCUT2D eigenvalue weighted by molar-refractivity contribution is 7.89. The van der Waals surface area contributed by atoms with Gasteiger partial charge in [-0.05, 0) is 54.8 Å². The fraction of sp³-hybridized carbons (Fsp3) is 0.0909. The molecule has 3 rings (SSSR count). The maximum absolute atomic E-state index is 13.8. The number of benzene rings is 1. The smallest absolute Gasteiger partial charge is 0.295 e. The second-order valence-electron chi connectivity index (χ2n) is 6.75. The molecule has 0 aliphatic carbocycles. The number of sulfonamides is 1. The fourth-order valence-corrected chi connectivity index (χ4v) is 3.72. The van der Waals surface area contributed by atoms with E-state index in [1.54, 1.807) is 25.1 Å². The monoisotopic (exact) mass is 467 g/mol. The van der Waals surface area contributed by atoms with Crippen LogP contribution in [0.4, 0.5) is 4.39 Å². The minimum absolute atomic E-state index is 0.0888. The van der Waals surface area contributed by atoms with Crippen LogP contribution in [0.1, 0.15) is 21.7 Å². The van der Waals surface area contributed by atoms with Crippen LogP contribution in [0.5, 0.6) is 0 Å². The maximum Gasteiger partial charge on any atom is 0.295 e. The van der Waals surface area contributed by atoms with Crippen LogP contribution in [0.2, 0.25) is 0 Å². The van der Waals surface area contributed by atoms with Gasteiger partial charge in [-0.1, -0.05) is 12.1 Å². The lowest BCUT2D eigenvalue weighted by molar-refractivity contribution is -0.115. The van der Waals surface area contributed by atoms with Crippen molar-refractivity contribution in [1.29, 1.82) is 0 Å². The summed E-state index contributed by atoms with van der Waals surface area (Å²) in [5, 5.41) is 2.55. The van der Waals surface area contributed by atoms with Crippen molar-refractivity contribution in [2.75, 3.05) is 0 Å². The number of amides is 2. The molecule has 0 fully saturated rings. The molecule has 2 amide bonds. The first-order valence-corrected chi connectivity index (χ1v) is 10.9. The molecular formula is C22H18FN5O4S. The molecule has 3 aromatic rings. The molecule has 3 N–H and O–H groups in total. The molecule has 0 aliphatic heterocycles. The highest BCUT2D eigenvalue weighted by atomic mass is 32.2. The first kappa shape index (κ1) is 23.5. The van der Waals surface area contributed by atoms with Gasteiger partial charge in [-0.15, -0.1) is 11.3 Å². The summed E-state index contributed by atoms with van der Waals surface area (Å²) in [5.41, 5.74) is 4.17. The highest BCUT2D eigenvalue weighted by Crippen LogP contribution is 2.20. The van der Waals surface area contributed by atoms with Gasteiger partial charge < -0.3 is 5.32 Å². The predicted octanol–water partition coefficient (Wildman–Crippen LogP) is 1.46. The number of rotatable bonds is 7. The first-order chi connectivity index (χ1) is 15.7. The SMILES string of the molecule is C#CC(=O)NCc1ccnc(-c2cc(C)nc(C(=O)NNS(=O)(=O)c3ccccc3F)c2)c1. The van der Waals surface area contributed by atoms with Gasteiger partial charge in [0.2, 0.25) is 0 Å². The molecule has 1 aromatic carbocycles. The predicted molar refractivity (Wildman–Crippen MR) is 117 cm³/mol. The van der Waals surface area contributed by atoms with E-state index in [4.69, 9.17) is 6.42 Å². The lowest BCUT2D eigenvalue weighted by atomic mass is 10.1. The van der Waals surface area contributed by atoms with Crippen molar-refractivity contribution >= 4 is 21.8 Å². The van der Waals surface area contributed by atoms with Crippen molar-refractivity contribution in [3.63, 3.8) is 0 Å². The van der Waals surface area contributed by atoms with Crippen LogP contribution in [-0.2, 0) is 21.4 Å². The summed E-state index contributed by atoms with van der Waals surface area (Å²) >= 11 is 0. The van der Waals surface area contributed by atoms with Crippen LogP contribution in [-0.4, -0.2) is 30.2 Å². The number of hydrogen-bond acceptors (Lipinski definition) is 6. The number of aromatic nitrogens is 2. The van der Waals surface area contributed by atoms with Crippen LogP contribution in [0.15, 0.2) is 59.6 Å². The Morgan fingerprint density at radius 1 is 1.15 bits per heavy atom. The molecule has 0 saturated carbocycles. The molecule has 2 aromatic heterocycles. The Morgan fingerprint density at radius 2 is 1.91 bits per heavy atom. The Labute approximate surface area is 189 Å². The quantitative estimate of drug-likeness (QED) is 0.356. The zero-order valence-electron chi connectivity index (χ0n) is 17.3. The average Bonchev–Trinajstić information content (AvgIpc) is 2.81. The summed E-state index contributed by atoms with van der Waals surface area (Å²) < 4.78 is 38.3. The van der Waals surface area contributed by atoms with Crippen molar-refractivity contribution in [2.24, 2.45) is 0 Å². The zero-order valence-corrected chi connectivity index (χ0v) is 18.1. The lowest BCUT2D eigenvalue weighted by Crippen LogP contribution is -2.42. The topological polar surface area (TPSA) is 130 Å². The van der Waals surface area contributed by atoms with E-state index < -0.39 is 32.6 Å². The molecule has 0 spiro atoms.